The van der Waals surface area contributed by atoms with E-state index in [4.69, 9.17) is 0 Å². The fourth-order valence-electron chi connectivity index (χ4n) is 1.11. The molecule has 17 heavy (non-hydrogen) atoms. The van der Waals surface area contributed by atoms with Gasteiger partial charge in [-0.2, -0.15) is 0 Å². The fraction of sp³-hybridized carbons (Fsp3) is 0.700. The predicted molar refractivity (Wildman–Crippen MR) is 54.9 cm³/mol. The summed E-state index contributed by atoms with van der Waals surface area (Å²) in [5, 5.41) is 19.0. The Hall–Kier alpha value is -1.47. The van der Waals surface area contributed by atoms with Crippen molar-refractivity contribution in [3.05, 3.63) is 0 Å². The summed E-state index contributed by atoms with van der Waals surface area (Å²) in [6.07, 6.45) is -3.88. The Morgan fingerprint density at radius 1 is 1.24 bits per heavy atom. The third-order valence-corrected chi connectivity index (χ3v) is 1.88. The van der Waals surface area contributed by atoms with Crippen molar-refractivity contribution in [3.8, 4) is 0 Å². The largest absolute Gasteiger partial charge is 0.463 e. The number of aliphatic hydroxyl groups excluding tert-OH is 2. The maximum Gasteiger partial charge on any atom is 0.303 e. The second-order valence-electron chi connectivity index (χ2n) is 3.41. The maximum atomic E-state index is 10.7. The van der Waals surface area contributed by atoms with Gasteiger partial charge < -0.3 is 24.5 Å². The highest BCUT2D eigenvalue weighted by molar-refractivity contribution is 5.67. The van der Waals surface area contributed by atoms with Crippen molar-refractivity contribution in [1.82, 2.24) is 0 Å². The van der Waals surface area contributed by atoms with Gasteiger partial charge in [0.15, 0.2) is 0 Å². The number of carbonyl (C=O) groups excluding carboxylic acids is 3. The van der Waals surface area contributed by atoms with Gasteiger partial charge in [-0.25, -0.2) is 0 Å². The summed E-state index contributed by atoms with van der Waals surface area (Å²) in [5.74, 6) is -1.30. The smallest absolute Gasteiger partial charge is 0.303 e. The summed E-state index contributed by atoms with van der Waals surface area (Å²) in [5.41, 5.74) is 0. The van der Waals surface area contributed by atoms with Gasteiger partial charge in [-0.3, -0.25) is 9.59 Å². The molecule has 98 valence electrons. The number of aldehydes is 1. The molecule has 0 radical (unpaired) electrons. The van der Waals surface area contributed by atoms with Gasteiger partial charge in [0.25, 0.3) is 0 Å². The van der Waals surface area contributed by atoms with E-state index in [1.807, 2.05) is 0 Å². The predicted octanol–water partition coefficient (Wildman–Crippen LogP) is -1.21. The molecule has 0 amide bonds. The Balaban J connectivity index is 4.36. The van der Waals surface area contributed by atoms with E-state index >= 15 is 0 Å². The number of hydrogen-bond acceptors (Lipinski definition) is 7. The molecule has 0 bridgehead atoms. The van der Waals surface area contributed by atoms with Gasteiger partial charge in [-0.05, 0) is 0 Å². The summed E-state index contributed by atoms with van der Waals surface area (Å²) in [7, 11) is 0. The number of rotatable bonds is 7. The summed E-state index contributed by atoms with van der Waals surface area (Å²) in [6, 6.07) is 0. The molecule has 7 nitrogen and oxygen atoms in total. The Bertz CT molecular complexity index is 276. The molecule has 3 unspecified atom stereocenters. The zero-order chi connectivity index (χ0) is 13.4. The van der Waals surface area contributed by atoms with Gasteiger partial charge in [0.2, 0.25) is 0 Å². The van der Waals surface area contributed by atoms with E-state index in [0.29, 0.717) is 6.29 Å². The van der Waals surface area contributed by atoms with E-state index in [-0.39, 0.29) is 6.42 Å². The van der Waals surface area contributed by atoms with Crippen molar-refractivity contribution in [2.24, 2.45) is 0 Å². The van der Waals surface area contributed by atoms with Crippen molar-refractivity contribution < 1.29 is 34.1 Å². The molecule has 0 rings (SSSR count). The minimum absolute atomic E-state index is 0.252. The van der Waals surface area contributed by atoms with Crippen LogP contribution in [0.25, 0.3) is 0 Å². The van der Waals surface area contributed by atoms with Crippen LogP contribution in [0.1, 0.15) is 20.3 Å². The highest BCUT2D eigenvalue weighted by Crippen LogP contribution is 2.09. The van der Waals surface area contributed by atoms with Gasteiger partial charge in [-0.1, -0.05) is 0 Å². The fourth-order valence-corrected chi connectivity index (χ4v) is 1.11. The van der Waals surface area contributed by atoms with Crippen LogP contribution in [0.2, 0.25) is 0 Å². The first-order valence-electron chi connectivity index (χ1n) is 4.98. The summed E-state index contributed by atoms with van der Waals surface area (Å²) < 4.78 is 9.14. The molecular formula is C10H16O7. The Kier molecular flexibility index (Phi) is 7.08. The number of ether oxygens (including phenoxy) is 2. The Morgan fingerprint density at radius 2 is 1.82 bits per heavy atom. The van der Waals surface area contributed by atoms with Crippen molar-refractivity contribution in [3.63, 3.8) is 0 Å². The second kappa shape index (κ2) is 7.75. The van der Waals surface area contributed by atoms with Crippen LogP contribution in [0.4, 0.5) is 0 Å². The topological polar surface area (TPSA) is 110 Å². The van der Waals surface area contributed by atoms with Crippen LogP contribution in [-0.2, 0) is 23.9 Å². The molecule has 0 fully saturated rings. The zero-order valence-electron chi connectivity index (χ0n) is 9.66. The lowest BCUT2D eigenvalue weighted by Crippen LogP contribution is -2.42. The number of hydrogen-bond donors (Lipinski definition) is 2. The molecule has 0 aliphatic rings. The van der Waals surface area contributed by atoms with Crippen LogP contribution in [0, 0.1) is 0 Å². The standard InChI is InChI=1S/C10H16O7/c1-6(12)16-5-8(14)10(15)9(3-4-11)17-7(2)13/h4,8-10,14-15H,3,5H2,1-2H3. The van der Waals surface area contributed by atoms with E-state index < -0.39 is 36.9 Å². The monoisotopic (exact) mass is 248 g/mol. The van der Waals surface area contributed by atoms with Crippen LogP contribution in [0.5, 0.6) is 0 Å². The van der Waals surface area contributed by atoms with Gasteiger partial charge >= 0.3 is 11.9 Å². The summed E-state index contributed by atoms with van der Waals surface area (Å²) >= 11 is 0. The first-order valence-corrected chi connectivity index (χ1v) is 4.98. The lowest BCUT2D eigenvalue weighted by molar-refractivity contribution is -0.164. The van der Waals surface area contributed by atoms with E-state index in [1.54, 1.807) is 0 Å². The molecular weight excluding hydrogens is 232 g/mol. The molecule has 0 aromatic heterocycles. The van der Waals surface area contributed by atoms with Gasteiger partial charge in [0.1, 0.15) is 31.2 Å². The third kappa shape index (κ3) is 6.64. The van der Waals surface area contributed by atoms with E-state index in [2.05, 4.69) is 9.47 Å². The summed E-state index contributed by atoms with van der Waals surface area (Å²) in [4.78, 5) is 31.5. The molecule has 0 aliphatic carbocycles. The second-order valence-corrected chi connectivity index (χ2v) is 3.41. The van der Waals surface area contributed by atoms with Crippen molar-refractivity contribution in [2.45, 2.75) is 38.6 Å². The van der Waals surface area contributed by atoms with Crippen LogP contribution in [0.15, 0.2) is 0 Å². The minimum Gasteiger partial charge on any atom is -0.463 e. The molecule has 0 aromatic rings. The third-order valence-electron chi connectivity index (χ3n) is 1.88. The number of carbonyl (C=O) groups is 3. The van der Waals surface area contributed by atoms with Crippen molar-refractivity contribution >= 4 is 18.2 Å². The van der Waals surface area contributed by atoms with Crippen molar-refractivity contribution in [2.75, 3.05) is 6.61 Å². The zero-order valence-corrected chi connectivity index (χ0v) is 9.66. The summed E-state index contributed by atoms with van der Waals surface area (Å²) in [6.45, 7) is 1.82. The molecule has 2 N–H and O–H groups in total. The van der Waals surface area contributed by atoms with Crippen molar-refractivity contribution in [1.29, 1.82) is 0 Å². The lowest BCUT2D eigenvalue weighted by Gasteiger charge is -2.24. The lowest BCUT2D eigenvalue weighted by atomic mass is 10.1. The average Bonchev–Trinajstić information content (AvgIpc) is 2.23. The van der Waals surface area contributed by atoms with Gasteiger partial charge in [0, 0.05) is 20.3 Å². The molecule has 0 aliphatic heterocycles. The van der Waals surface area contributed by atoms with Crippen LogP contribution >= 0.6 is 0 Å². The number of aliphatic hydroxyl groups is 2. The quantitative estimate of drug-likeness (QED) is 0.429. The molecule has 7 heteroatoms. The first kappa shape index (κ1) is 15.5. The Morgan fingerprint density at radius 3 is 2.24 bits per heavy atom. The minimum atomic E-state index is -1.50. The molecule has 0 heterocycles. The van der Waals surface area contributed by atoms with E-state index in [0.717, 1.165) is 13.8 Å². The van der Waals surface area contributed by atoms with Crippen LogP contribution in [0.3, 0.4) is 0 Å². The van der Waals surface area contributed by atoms with Crippen LogP contribution in [-0.4, -0.2) is 53.4 Å². The van der Waals surface area contributed by atoms with E-state index in [9.17, 15) is 24.6 Å². The SMILES string of the molecule is CC(=O)OCC(O)C(O)C(CC=O)OC(C)=O. The molecule has 3 atom stereocenters. The molecule has 0 saturated heterocycles. The van der Waals surface area contributed by atoms with Crippen LogP contribution < -0.4 is 0 Å². The van der Waals surface area contributed by atoms with Gasteiger partial charge in [-0.15, -0.1) is 0 Å². The highest BCUT2D eigenvalue weighted by atomic mass is 16.6. The molecule has 0 saturated carbocycles. The van der Waals surface area contributed by atoms with Gasteiger partial charge in [0.05, 0.1) is 0 Å². The Labute approximate surface area is 98.3 Å². The molecule has 0 spiro atoms. The average molecular weight is 248 g/mol. The first-order chi connectivity index (χ1) is 7.88. The number of esters is 2. The maximum absolute atomic E-state index is 10.7. The highest BCUT2D eigenvalue weighted by Gasteiger charge is 2.29. The molecule has 0 aromatic carbocycles. The van der Waals surface area contributed by atoms with E-state index in [1.165, 1.54) is 0 Å². The normalized spacial score (nSPS) is 15.5.